The third-order valence-corrected chi connectivity index (χ3v) is 4.89. The Balaban J connectivity index is 2.69. The van der Waals surface area contributed by atoms with Gasteiger partial charge >= 0.3 is 0 Å². The van der Waals surface area contributed by atoms with Crippen molar-refractivity contribution >= 4 is 51.6 Å². The molecule has 0 saturated carbocycles. The Morgan fingerprint density at radius 1 is 1.30 bits per heavy atom. The second-order valence-electron chi connectivity index (χ2n) is 4.02. The molecule has 20 heavy (non-hydrogen) atoms. The summed E-state index contributed by atoms with van der Waals surface area (Å²) in [5.74, 6) is 0.458. The topological polar surface area (TPSA) is 64.8 Å². The van der Waals surface area contributed by atoms with E-state index in [1.807, 2.05) is 25.1 Å². The summed E-state index contributed by atoms with van der Waals surface area (Å²) in [6, 6.07) is 5.55. The molecule has 0 amide bonds. The van der Waals surface area contributed by atoms with E-state index in [9.17, 15) is 8.42 Å². The Labute approximate surface area is 138 Å². The number of benzene rings is 1. The summed E-state index contributed by atoms with van der Waals surface area (Å²) in [7, 11) is 1.47. The minimum atomic E-state index is -3.93. The average Bonchev–Trinajstić information content (AvgIpc) is 2.76. The molecule has 1 aromatic carbocycles. The highest BCUT2D eigenvalue weighted by Gasteiger charge is 2.23. The zero-order valence-electron chi connectivity index (χ0n) is 10.3. The van der Waals surface area contributed by atoms with E-state index in [4.69, 9.17) is 10.7 Å². The van der Waals surface area contributed by atoms with Crippen LogP contribution in [0.25, 0.3) is 11.4 Å². The van der Waals surface area contributed by atoms with Crippen molar-refractivity contribution in [1.29, 1.82) is 0 Å². The van der Waals surface area contributed by atoms with E-state index in [0.717, 1.165) is 20.9 Å². The SMILES string of the molecule is CCCn1c(-c2cc(Br)ccc2Br)nnc1S(=O)(=O)Cl. The minimum absolute atomic E-state index is 0.233. The smallest absolute Gasteiger partial charge is 0.296 e. The van der Waals surface area contributed by atoms with E-state index in [2.05, 4.69) is 42.1 Å². The normalized spacial score (nSPS) is 11.8. The standard InChI is InChI=1S/C11H10Br2ClN3O2S/c1-2-5-17-10(15-16-11(17)20(14,18)19)8-6-7(12)3-4-9(8)13/h3-4,6H,2,5H2,1H3. The van der Waals surface area contributed by atoms with Crippen molar-refractivity contribution in [2.75, 3.05) is 0 Å². The van der Waals surface area contributed by atoms with Gasteiger partial charge in [-0.3, -0.25) is 4.57 Å². The minimum Gasteiger partial charge on any atom is -0.297 e. The summed E-state index contributed by atoms with van der Waals surface area (Å²) in [5.41, 5.74) is 0.742. The number of hydrogen-bond donors (Lipinski definition) is 0. The molecule has 0 bridgehead atoms. The van der Waals surface area contributed by atoms with Gasteiger partial charge in [0.25, 0.3) is 14.2 Å². The van der Waals surface area contributed by atoms with Gasteiger partial charge < -0.3 is 0 Å². The molecule has 1 heterocycles. The molecule has 108 valence electrons. The molecule has 2 rings (SSSR count). The summed E-state index contributed by atoms with van der Waals surface area (Å²) < 4.78 is 26.3. The number of nitrogens with zero attached hydrogens (tertiary/aromatic N) is 3. The van der Waals surface area contributed by atoms with Gasteiger partial charge in [0.1, 0.15) is 0 Å². The lowest BCUT2D eigenvalue weighted by atomic mass is 10.2. The maximum atomic E-state index is 11.5. The Kier molecular flexibility index (Phi) is 4.88. The molecule has 1 aromatic heterocycles. The number of rotatable bonds is 4. The van der Waals surface area contributed by atoms with Crippen LogP contribution >= 0.6 is 42.5 Å². The van der Waals surface area contributed by atoms with Crippen LogP contribution in [-0.2, 0) is 15.6 Å². The van der Waals surface area contributed by atoms with Crippen LogP contribution in [0.15, 0.2) is 32.3 Å². The fourth-order valence-corrected chi connectivity index (χ4v) is 3.47. The molecule has 0 saturated heterocycles. The Morgan fingerprint density at radius 3 is 2.60 bits per heavy atom. The van der Waals surface area contributed by atoms with E-state index in [-0.39, 0.29) is 5.16 Å². The molecule has 0 aliphatic carbocycles. The lowest BCUT2D eigenvalue weighted by Crippen LogP contribution is -2.07. The molecule has 0 spiro atoms. The molecule has 9 heteroatoms. The van der Waals surface area contributed by atoms with Crippen molar-refractivity contribution < 1.29 is 8.42 Å². The van der Waals surface area contributed by atoms with Crippen LogP contribution in [0.5, 0.6) is 0 Å². The first-order valence-corrected chi connectivity index (χ1v) is 9.57. The van der Waals surface area contributed by atoms with Crippen LogP contribution in [-0.4, -0.2) is 23.2 Å². The molecule has 0 unspecified atom stereocenters. The van der Waals surface area contributed by atoms with Crippen molar-refractivity contribution in [1.82, 2.24) is 14.8 Å². The number of halogens is 3. The Hall–Kier alpha value is -0.440. The third kappa shape index (κ3) is 3.24. The van der Waals surface area contributed by atoms with Crippen molar-refractivity contribution in [3.63, 3.8) is 0 Å². The molecule has 0 radical (unpaired) electrons. The van der Waals surface area contributed by atoms with Crippen LogP contribution in [0.2, 0.25) is 0 Å². The van der Waals surface area contributed by atoms with Crippen LogP contribution in [0.1, 0.15) is 13.3 Å². The summed E-state index contributed by atoms with van der Waals surface area (Å²) in [5, 5.41) is 7.45. The highest BCUT2D eigenvalue weighted by Crippen LogP contribution is 2.31. The highest BCUT2D eigenvalue weighted by molar-refractivity contribution is 9.11. The maximum absolute atomic E-state index is 11.5. The molecule has 0 aliphatic rings. The van der Waals surface area contributed by atoms with Gasteiger partial charge in [-0.2, -0.15) is 0 Å². The molecule has 5 nitrogen and oxygen atoms in total. The lowest BCUT2D eigenvalue weighted by Gasteiger charge is -2.09. The van der Waals surface area contributed by atoms with Gasteiger partial charge in [-0.05, 0) is 24.6 Å². The molecule has 2 aromatic rings. The quantitative estimate of drug-likeness (QED) is 0.674. The first kappa shape index (κ1) is 15.9. The van der Waals surface area contributed by atoms with Gasteiger partial charge in [-0.25, -0.2) is 8.42 Å². The monoisotopic (exact) mass is 441 g/mol. The largest absolute Gasteiger partial charge is 0.297 e. The van der Waals surface area contributed by atoms with Crippen LogP contribution in [0.4, 0.5) is 0 Å². The van der Waals surface area contributed by atoms with Crippen molar-refractivity contribution in [3.05, 3.63) is 27.1 Å². The molecule has 0 atom stereocenters. The summed E-state index contributed by atoms with van der Waals surface area (Å²) in [6.07, 6.45) is 0.732. The number of hydrogen-bond acceptors (Lipinski definition) is 4. The van der Waals surface area contributed by atoms with Gasteiger partial charge in [-0.15, -0.1) is 10.2 Å². The summed E-state index contributed by atoms with van der Waals surface area (Å²) in [4.78, 5) is 0. The molecule has 0 fully saturated rings. The molecule has 0 aliphatic heterocycles. The van der Waals surface area contributed by atoms with E-state index >= 15 is 0 Å². The third-order valence-electron chi connectivity index (χ3n) is 2.55. The molecule has 0 N–H and O–H groups in total. The number of aromatic nitrogens is 3. The van der Waals surface area contributed by atoms with Crippen molar-refractivity contribution in [3.8, 4) is 11.4 Å². The predicted molar refractivity (Wildman–Crippen MR) is 84.2 cm³/mol. The Morgan fingerprint density at radius 2 is 2.00 bits per heavy atom. The van der Waals surface area contributed by atoms with Gasteiger partial charge in [0, 0.05) is 31.7 Å². The van der Waals surface area contributed by atoms with Gasteiger partial charge in [0.2, 0.25) is 0 Å². The van der Waals surface area contributed by atoms with E-state index in [1.54, 1.807) is 0 Å². The van der Waals surface area contributed by atoms with E-state index < -0.39 is 9.05 Å². The zero-order valence-corrected chi connectivity index (χ0v) is 15.1. The highest BCUT2D eigenvalue weighted by atomic mass is 79.9. The second kappa shape index (κ2) is 6.13. The molecular weight excluding hydrogens is 433 g/mol. The van der Waals surface area contributed by atoms with Crippen molar-refractivity contribution in [2.45, 2.75) is 25.0 Å². The zero-order chi connectivity index (χ0) is 14.9. The van der Waals surface area contributed by atoms with Crippen molar-refractivity contribution in [2.24, 2.45) is 0 Å². The fraction of sp³-hybridized carbons (Fsp3) is 0.273. The van der Waals surface area contributed by atoms with Crippen LogP contribution in [0.3, 0.4) is 0 Å². The predicted octanol–water partition coefficient (Wildman–Crippen LogP) is 3.81. The van der Waals surface area contributed by atoms with Crippen LogP contribution in [0, 0.1) is 0 Å². The Bertz CT molecular complexity index is 746. The first-order chi connectivity index (χ1) is 9.34. The first-order valence-electron chi connectivity index (χ1n) is 5.68. The molecular formula is C11H10Br2ClN3O2S. The van der Waals surface area contributed by atoms with Gasteiger partial charge in [0.05, 0.1) is 0 Å². The summed E-state index contributed by atoms with van der Waals surface area (Å²) in [6.45, 7) is 2.40. The summed E-state index contributed by atoms with van der Waals surface area (Å²) >= 11 is 6.81. The fourth-order valence-electron chi connectivity index (χ4n) is 1.76. The van der Waals surface area contributed by atoms with E-state index in [0.29, 0.717) is 12.4 Å². The van der Waals surface area contributed by atoms with E-state index in [1.165, 1.54) is 4.57 Å². The van der Waals surface area contributed by atoms with Gasteiger partial charge in [0.15, 0.2) is 5.82 Å². The van der Waals surface area contributed by atoms with Crippen LogP contribution < -0.4 is 0 Å². The average molecular weight is 444 g/mol. The second-order valence-corrected chi connectivity index (χ2v) is 8.25. The maximum Gasteiger partial charge on any atom is 0.296 e. The van der Waals surface area contributed by atoms with Gasteiger partial charge in [-0.1, -0.05) is 38.8 Å². The lowest BCUT2D eigenvalue weighted by molar-refractivity contribution is 0.570.